The van der Waals surface area contributed by atoms with Crippen LogP contribution in [0.15, 0.2) is 24.3 Å². The first-order chi connectivity index (χ1) is 21.4. The molecule has 5 rings (SSSR count). The summed E-state index contributed by atoms with van der Waals surface area (Å²) in [5, 5.41) is 36.6. The van der Waals surface area contributed by atoms with Gasteiger partial charge < -0.3 is 36.0 Å². The average molecular weight is 679 g/mol. The topological polar surface area (TPSA) is 246 Å². The number of amides is 5. The van der Waals surface area contributed by atoms with Gasteiger partial charge in [0.05, 0.1) is 11.3 Å². The Kier molecular flexibility index (Phi) is 8.21. The number of para-hydroxylation sites is 1. The van der Waals surface area contributed by atoms with Crippen LogP contribution in [0.2, 0.25) is 0 Å². The highest BCUT2D eigenvalue weighted by molar-refractivity contribution is 8.02. The average Bonchev–Trinajstić information content (AvgIpc) is 3.38. The maximum absolute atomic E-state index is 13.5. The highest BCUT2D eigenvalue weighted by atomic mass is 32.2. The number of carboxylic acids is 2. The zero-order valence-corrected chi connectivity index (χ0v) is 26.4. The van der Waals surface area contributed by atoms with Crippen molar-refractivity contribution in [3.05, 3.63) is 39.9 Å². The van der Waals surface area contributed by atoms with Crippen molar-refractivity contribution in [3.63, 3.8) is 0 Å². The number of carbonyl (C=O) groups excluding carboxylic acids is 5. The summed E-state index contributed by atoms with van der Waals surface area (Å²) in [6, 6.07) is -1.32. The molecule has 4 saturated heterocycles. The molecular weight excluding hydrogens is 648 g/mol. The first-order valence-corrected chi connectivity index (χ1v) is 15.7. The van der Waals surface area contributed by atoms with Gasteiger partial charge in [-0.25, -0.2) is 9.59 Å². The lowest BCUT2D eigenvalue weighted by atomic mass is 9.95. The number of carbonyl (C=O) groups is 7. The molecule has 4 aliphatic heterocycles. The Morgan fingerprint density at radius 1 is 0.891 bits per heavy atom. The predicted octanol–water partition coefficient (Wildman–Crippen LogP) is -0.653. The molecule has 1 aromatic rings. The molecule has 46 heavy (non-hydrogen) atoms. The van der Waals surface area contributed by atoms with Crippen molar-refractivity contribution in [2.45, 2.75) is 84.6 Å². The molecule has 0 bridgehead atoms. The molecule has 5 amide bonds. The Hall–Kier alpha value is -4.39. The van der Waals surface area contributed by atoms with Crippen molar-refractivity contribution in [1.29, 1.82) is 0 Å². The molecule has 0 saturated carbocycles. The summed E-state index contributed by atoms with van der Waals surface area (Å²) in [4.78, 5) is 102. The van der Waals surface area contributed by atoms with Gasteiger partial charge in [-0.05, 0) is 33.8 Å². The number of hydrogen-bond acceptors (Lipinski definition) is 11. The number of aliphatic carboxylic acids is 2. The number of fused-ring (bicyclic) bond motifs is 2. The largest absolute Gasteiger partial charge is 0.480 e. The van der Waals surface area contributed by atoms with E-state index >= 15 is 0 Å². The third kappa shape index (κ3) is 5.40. The van der Waals surface area contributed by atoms with Crippen LogP contribution in [-0.2, 0) is 28.8 Å². The van der Waals surface area contributed by atoms with Crippen molar-refractivity contribution in [1.82, 2.24) is 25.8 Å². The summed E-state index contributed by atoms with van der Waals surface area (Å²) in [6.45, 7) is 6.61. The van der Waals surface area contributed by atoms with Crippen molar-refractivity contribution < 1.29 is 48.7 Å². The second kappa shape index (κ2) is 11.4. The summed E-state index contributed by atoms with van der Waals surface area (Å²) in [6.07, 6.45) is -0.753. The molecule has 4 fully saturated rings. The molecule has 7 atom stereocenters. The summed E-state index contributed by atoms with van der Waals surface area (Å²) >= 11 is 2.35. The Morgan fingerprint density at radius 3 is 1.85 bits per heavy atom. The maximum Gasteiger partial charge on any atom is 0.327 e. The van der Waals surface area contributed by atoms with E-state index in [1.807, 2.05) is 0 Å². The van der Waals surface area contributed by atoms with E-state index in [4.69, 9.17) is 0 Å². The number of nitro benzene ring substituents is 1. The van der Waals surface area contributed by atoms with Crippen molar-refractivity contribution in [2.75, 3.05) is 0 Å². The van der Waals surface area contributed by atoms with Gasteiger partial charge in [0.15, 0.2) is 0 Å². The number of nitro groups is 1. The molecule has 4 aliphatic rings. The number of carboxylic acid groups (broad SMARTS) is 2. The zero-order chi connectivity index (χ0) is 34.0. The van der Waals surface area contributed by atoms with E-state index in [1.54, 1.807) is 27.7 Å². The third-order valence-corrected chi connectivity index (χ3v) is 11.5. The van der Waals surface area contributed by atoms with Crippen LogP contribution in [0, 0.1) is 10.1 Å². The van der Waals surface area contributed by atoms with Gasteiger partial charge in [0.1, 0.15) is 46.5 Å². The van der Waals surface area contributed by atoms with Gasteiger partial charge in [-0.1, -0.05) is 12.1 Å². The molecule has 4 heterocycles. The van der Waals surface area contributed by atoms with Crippen molar-refractivity contribution >= 4 is 70.7 Å². The van der Waals surface area contributed by atoms with Crippen LogP contribution in [0.4, 0.5) is 5.69 Å². The molecule has 0 aromatic heterocycles. The molecule has 5 N–H and O–H groups in total. The van der Waals surface area contributed by atoms with Crippen LogP contribution in [0.25, 0.3) is 0 Å². The summed E-state index contributed by atoms with van der Waals surface area (Å²) in [5.41, 5.74) is -0.963. The number of hydrogen-bond donors (Lipinski definition) is 5. The molecule has 0 aliphatic carbocycles. The molecule has 1 unspecified atom stereocenters. The van der Waals surface area contributed by atoms with Gasteiger partial charge in [0, 0.05) is 15.6 Å². The Labute approximate surface area is 269 Å². The van der Waals surface area contributed by atoms with E-state index in [-0.39, 0.29) is 0 Å². The smallest absolute Gasteiger partial charge is 0.327 e. The fourth-order valence-corrected chi connectivity index (χ4v) is 9.48. The minimum atomic E-state index is -1.69. The van der Waals surface area contributed by atoms with Gasteiger partial charge >= 0.3 is 11.9 Å². The monoisotopic (exact) mass is 678 g/mol. The van der Waals surface area contributed by atoms with E-state index in [9.17, 15) is 53.9 Å². The normalized spacial score (nSPS) is 29.0. The van der Waals surface area contributed by atoms with E-state index in [2.05, 4.69) is 16.0 Å². The highest BCUT2D eigenvalue weighted by Crippen LogP contribution is 2.51. The van der Waals surface area contributed by atoms with Crippen LogP contribution < -0.4 is 16.0 Å². The van der Waals surface area contributed by atoms with E-state index in [0.717, 1.165) is 33.7 Å². The van der Waals surface area contributed by atoms with Gasteiger partial charge in [-0.15, -0.1) is 23.5 Å². The second-order valence-corrected chi connectivity index (χ2v) is 15.8. The quantitative estimate of drug-likeness (QED) is 0.117. The van der Waals surface area contributed by atoms with Crippen LogP contribution >= 0.6 is 23.5 Å². The fourth-order valence-electron chi connectivity index (χ4n) is 6.23. The SMILES string of the molecule is CC1(C)S[C@@H]2[C@H](NC(=O)CC(NC(=O)c3ccccc3[N+](=O)[O-])C(=O)N[C@@H]3C(=O)N4[C@@H]3SC(C)(C)[C@@H]4C(=O)O)C(=O)N2[C@H]1C(=O)O. The Morgan fingerprint density at radius 2 is 1.37 bits per heavy atom. The minimum absolute atomic E-state index is 0.400. The van der Waals surface area contributed by atoms with Crippen LogP contribution in [0.1, 0.15) is 44.5 Å². The van der Waals surface area contributed by atoms with Gasteiger partial charge in [-0.3, -0.25) is 34.1 Å². The first-order valence-electron chi connectivity index (χ1n) is 14.0. The molecule has 0 spiro atoms. The minimum Gasteiger partial charge on any atom is -0.480 e. The molecular formula is C27H30N6O11S2. The number of rotatable bonds is 10. The molecule has 1 aromatic carbocycles. The molecule has 0 radical (unpaired) electrons. The van der Waals surface area contributed by atoms with Gasteiger partial charge in [0.2, 0.25) is 23.6 Å². The summed E-state index contributed by atoms with van der Waals surface area (Å²) in [5.74, 6) is -6.66. The van der Waals surface area contributed by atoms with Crippen LogP contribution in [0.5, 0.6) is 0 Å². The van der Waals surface area contributed by atoms with Gasteiger partial charge in [-0.2, -0.15) is 0 Å². The Balaban J connectivity index is 1.33. The lowest BCUT2D eigenvalue weighted by molar-refractivity contribution is -0.385. The zero-order valence-electron chi connectivity index (χ0n) is 24.8. The lowest BCUT2D eigenvalue weighted by Crippen LogP contribution is -2.72. The molecule has 17 nitrogen and oxygen atoms in total. The van der Waals surface area contributed by atoms with Crippen molar-refractivity contribution in [3.8, 4) is 0 Å². The molecule has 19 heteroatoms. The number of β-lactam (4-membered cyclic amide) rings is 2. The fraction of sp³-hybridized carbons (Fsp3) is 0.519. The van der Waals surface area contributed by atoms with E-state index < -0.39 is 115 Å². The van der Waals surface area contributed by atoms with E-state index in [0.29, 0.717) is 0 Å². The Bertz CT molecular complexity index is 1580. The number of nitrogens with one attached hydrogen (secondary N) is 3. The first kappa shape index (κ1) is 33.0. The third-order valence-electron chi connectivity index (χ3n) is 8.32. The van der Waals surface area contributed by atoms with Crippen molar-refractivity contribution in [2.24, 2.45) is 0 Å². The lowest BCUT2D eigenvalue weighted by Gasteiger charge is -2.44. The number of benzene rings is 1. The van der Waals surface area contributed by atoms with Crippen LogP contribution in [-0.4, -0.2) is 117 Å². The highest BCUT2D eigenvalue weighted by Gasteiger charge is 2.65. The summed E-state index contributed by atoms with van der Waals surface area (Å²) < 4.78 is -1.75. The number of nitrogens with zero attached hydrogens (tertiary/aromatic N) is 3. The summed E-state index contributed by atoms with van der Waals surface area (Å²) in [7, 11) is 0. The van der Waals surface area contributed by atoms with E-state index in [1.165, 1.54) is 23.9 Å². The molecule has 246 valence electrons. The van der Waals surface area contributed by atoms with Gasteiger partial charge in [0.25, 0.3) is 11.6 Å². The number of thioether (sulfide) groups is 2. The second-order valence-electron chi connectivity index (χ2n) is 12.2. The predicted molar refractivity (Wildman–Crippen MR) is 160 cm³/mol. The standard InChI is InChI=1S/C27H30N6O11S2/c1-26(2)16(24(39)40)31-20(37)14(22(31)45-26)29-13(34)9-11(28-18(35)10-7-5-6-8-12(10)33(43)44)19(36)30-15-21(38)32-17(25(41)42)27(3,4)46-23(15)32/h5-8,11,14-17,22-23H,9H2,1-4H3,(H,28,35)(H,29,34)(H,30,36)(H,39,40)(H,41,42)/t11?,14-,15-,16+,17+,22-,23-/m1/s1. The maximum atomic E-state index is 13.5. The van der Waals surface area contributed by atoms with Crippen LogP contribution in [0.3, 0.4) is 0 Å².